The maximum atomic E-state index is 13.4. The lowest BCUT2D eigenvalue weighted by Gasteiger charge is -2.07. The lowest BCUT2D eigenvalue weighted by molar-refractivity contribution is -0.138. The molecule has 30 heavy (non-hydrogen) atoms. The van der Waals surface area contributed by atoms with Gasteiger partial charge in [0.25, 0.3) is 0 Å². The smallest absolute Gasteiger partial charge is 0.336 e. The van der Waals surface area contributed by atoms with Crippen molar-refractivity contribution in [2.24, 2.45) is 0 Å². The molecule has 1 rings (SSSR count). The third kappa shape index (κ3) is 8.51. The maximum Gasteiger partial charge on any atom is 0.336 e. The number of hydrogen-bond acceptors (Lipinski definition) is 4. The first-order chi connectivity index (χ1) is 14.3. The molecule has 1 aromatic carbocycles. The number of carbonyl (C=O) groups is 2. The van der Waals surface area contributed by atoms with E-state index < -0.39 is 46.8 Å². The predicted octanol–water partition coefficient (Wildman–Crippen LogP) is 5.92. The fourth-order valence-corrected chi connectivity index (χ4v) is 2.58. The zero-order valence-corrected chi connectivity index (χ0v) is 16.7. The predicted molar refractivity (Wildman–Crippen MR) is 99.2 cm³/mol. The van der Waals surface area contributed by atoms with Gasteiger partial charge in [-0.2, -0.15) is 8.78 Å². The van der Waals surface area contributed by atoms with E-state index in [9.17, 15) is 31.5 Å². The molecule has 0 aliphatic heterocycles. The van der Waals surface area contributed by atoms with Crippen LogP contribution >= 0.6 is 0 Å². The molecule has 0 amide bonds. The molecule has 0 unspecified atom stereocenters. The van der Waals surface area contributed by atoms with Crippen LogP contribution in [-0.4, -0.2) is 18.5 Å². The van der Waals surface area contributed by atoms with Crippen LogP contribution in [0.1, 0.15) is 64.7 Å². The van der Waals surface area contributed by atoms with Gasteiger partial charge < -0.3 is 9.47 Å². The Morgan fingerprint density at radius 3 is 1.63 bits per heavy atom. The van der Waals surface area contributed by atoms with Crippen molar-refractivity contribution in [3.63, 3.8) is 0 Å². The van der Waals surface area contributed by atoms with E-state index in [1.807, 2.05) is 0 Å². The zero-order valence-electron chi connectivity index (χ0n) is 16.7. The largest absolute Gasteiger partial charge is 0.463 e. The summed E-state index contributed by atoms with van der Waals surface area (Å²) in [6.07, 6.45) is 10.9. The van der Waals surface area contributed by atoms with Crippen LogP contribution in [0.5, 0.6) is 5.75 Å². The van der Waals surface area contributed by atoms with Gasteiger partial charge in [-0.05, 0) is 6.42 Å². The Labute approximate surface area is 172 Å². The van der Waals surface area contributed by atoms with Crippen molar-refractivity contribution in [2.45, 2.75) is 64.7 Å². The molecular weight excluding hydrogens is 411 g/mol. The van der Waals surface area contributed by atoms with Gasteiger partial charge in [0, 0.05) is 12.2 Å². The Morgan fingerprint density at radius 2 is 1.10 bits per heavy atom. The van der Waals surface area contributed by atoms with Gasteiger partial charge in [-0.3, -0.25) is 0 Å². The van der Waals surface area contributed by atoms with Crippen LogP contribution in [0.25, 0.3) is 0 Å². The van der Waals surface area contributed by atoms with Gasteiger partial charge in [0.2, 0.25) is 34.8 Å². The monoisotopic (exact) mass is 436 g/mol. The Morgan fingerprint density at radius 1 is 0.667 bits per heavy atom. The quantitative estimate of drug-likeness (QED) is 0.0733. The summed E-state index contributed by atoms with van der Waals surface area (Å²) in [5, 5.41) is 0. The molecule has 0 saturated carbocycles. The van der Waals surface area contributed by atoms with Crippen molar-refractivity contribution in [3.8, 4) is 5.75 Å². The number of hydrogen-bond donors (Lipinski definition) is 0. The van der Waals surface area contributed by atoms with Gasteiger partial charge in [-0.15, -0.1) is 0 Å². The lowest BCUT2D eigenvalue weighted by Crippen LogP contribution is -2.12. The summed E-state index contributed by atoms with van der Waals surface area (Å²) in [4.78, 5) is 23.0. The SMILES string of the molecule is CCCCCCCCCCCOC(=O)/C=C/C(=O)Oc1c(F)c(F)c(F)c(F)c1F. The van der Waals surface area contributed by atoms with Crippen LogP contribution in [0, 0.1) is 29.1 Å². The van der Waals surface area contributed by atoms with Crippen molar-refractivity contribution >= 4 is 11.9 Å². The summed E-state index contributed by atoms with van der Waals surface area (Å²) in [6, 6.07) is 0. The third-order valence-corrected chi connectivity index (χ3v) is 4.22. The fraction of sp³-hybridized carbons (Fsp3) is 0.524. The second-order valence-electron chi connectivity index (χ2n) is 6.65. The second kappa shape index (κ2) is 13.7. The van der Waals surface area contributed by atoms with Crippen molar-refractivity contribution < 1.29 is 41.0 Å². The highest BCUT2D eigenvalue weighted by molar-refractivity contribution is 5.92. The minimum absolute atomic E-state index is 0.131. The lowest BCUT2D eigenvalue weighted by atomic mass is 10.1. The van der Waals surface area contributed by atoms with Gasteiger partial charge in [0.05, 0.1) is 6.61 Å². The number of benzene rings is 1. The molecule has 0 aromatic heterocycles. The zero-order chi connectivity index (χ0) is 22.5. The molecule has 0 atom stereocenters. The number of esters is 2. The van der Waals surface area contributed by atoms with Crippen LogP contribution in [0.4, 0.5) is 22.0 Å². The highest BCUT2D eigenvalue weighted by Gasteiger charge is 2.28. The van der Waals surface area contributed by atoms with Crippen molar-refractivity contribution in [2.75, 3.05) is 6.61 Å². The van der Waals surface area contributed by atoms with Gasteiger partial charge in [0.15, 0.2) is 0 Å². The molecule has 9 heteroatoms. The van der Waals surface area contributed by atoms with Gasteiger partial charge in [-0.25, -0.2) is 22.8 Å². The first kappa shape index (κ1) is 25.6. The van der Waals surface area contributed by atoms with Gasteiger partial charge >= 0.3 is 11.9 Å². The number of rotatable bonds is 13. The normalized spacial score (nSPS) is 11.1. The molecule has 0 N–H and O–H groups in total. The summed E-state index contributed by atoms with van der Waals surface area (Å²) >= 11 is 0. The van der Waals surface area contributed by atoms with E-state index in [4.69, 9.17) is 4.74 Å². The summed E-state index contributed by atoms with van der Waals surface area (Å²) in [7, 11) is 0. The molecule has 0 spiro atoms. The molecule has 0 aliphatic carbocycles. The van der Waals surface area contributed by atoms with Crippen LogP contribution in [0.15, 0.2) is 12.2 Å². The fourth-order valence-electron chi connectivity index (χ4n) is 2.58. The number of halogens is 5. The molecule has 0 heterocycles. The maximum absolute atomic E-state index is 13.4. The first-order valence-corrected chi connectivity index (χ1v) is 9.87. The minimum Gasteiger partial charge on any atom is -0.463 e. The van der Waals surface area contributed by atoms with E-state index in [0.29, 0.717) is 18.6 Å². The highest BCUT2D eigenvalue weighted by atomic mass is 19.2. The average molecular weight is 436 g/mol. The molecule has 168 valence electrons. The van der Waals surface area contributed by atoms with Crippen LogP contribution < -0.4 is 4.74 Å². The van der Waals surface area contributed by atoms with E-state index in [2.05, 4.69) is 11.7 Å². The average Bonchev–Trinajstić information content (AvgIpc) is 2.73. The summed E-state index contributed by atoms with van der Waals surface area (Å²) in [6.45, 7) is 2.29. The Bertz CT molecular complexity index is 720. The Kier molecular flexibility index (Phi) is 11.7. The van der Waals surface area contributed by atoms with Crippen molar-refractivity contribution in [1.29, 1.82) is 0 Å². The molecule has 0 radical (unpaired) electrons. The van der Waals surface area contributed by atoms with E-state index in [1.165, 1.54) is 32.1 Å². The number of unbranched alkanes of at least 4 members (excludes halogenated alkanes) is 8. The molecule has 0 aliphatic rings. The topological polar surface area (TPSA) is 52.6 Å². The summed E-state index contributed by atoms with van der Waals surface area (Å²) in [5.74, 6) is -15.6. The van der Waals surface area contributed by atoms with Crippen molar-refractivity contribution in [3.05, 3.63) is 41.2 Å². The van der Waals surface area contributed by atoms with Crippen LogP contribution in [-0.2, 0) is 14.3 Å². The summed E-state index contributed by atoms with van der Waals surface area (Å²) < 4.78 is 74.8. The second-order valence-corrected chi connectivity index (χ2v) is 6.65. The first-order valence-electron chi connectivity index (χ1n) is 9.87. The molecule has 0 saturated heterocycles. The Hall–Kier alpha value is -2.45. The minimum atomic E-state index is -2.37. The van der Waals surface area contributed by atoms with Gasteiger partial charge in [-0.1, -0.05) is 58.3 Å². The van der Waals surface area contributed by atoms with Crippen LogP contribution in [0.2, 0.25) is 0 Å². The number of ether oxygens (including phenoxy) is 2. The third-order valence-electron chi connectivity index (χ3n) is 4.22. The molecule has 0 bridgehead atoms. The molecular formula is C21H25F5O4. The molecule has 0 fully saturated rings. The number of carbonyl (C=O) groups excluding carboxylic acids is 2. The van der Waals surface area contributed by atoms with E-state index in [-0.39, 0.29) is 6.61 Å². The molecule has 1 aromatic rings. The van der Waals surface area contributed by atoms with E-state index in [0.717, 1.165) is 19.3 Å². The molecule has 4 nitrogen and oxygen atoms in total. The van der Waals surface area contributed by atoms with Crippen LogP contribution in [0.3, 0.4) is 0 Å². The van der Waals surface area contributed by atoms with Gasteiger partial charge in [0.1, 0.15) is 0 Å². The summed E-state index contributed by atoms with van der Waals surface area (Å²) in [5.41, 5.74) is 0. The van der Waals surface area contributed by atoms with E-state index in [1.54, 1.807) is 0 Å². The van der Waals surface area contributed by atoms with E-state index >= 15 is 0 Å². The van der Waals surface area contributed by atoms with Crippen molar-refractivity contribution in [1.82, 2.24) is 0 Å². The Balaban J connectivity index is 2.32. The highest BCUT2D eigenvalue weighted by Crippen LogP contribution is 2.29. The standard InChI is InChI=1S/C21H25F5O4/c1-2-3-4-5-6-7-8-9-10-13-29-14(27)11-12-15(28)30-21-19(25)17(23)16(22)18(24)20(21)26/h11-12H,2-10,13H2,1H3/b12-11+.